The van der Waals surface area contributed by atoms with Crippen LogP contribution in [0.2, 0.25) is 0 Å². The molecule has 1 aliphatic heterocycles. The standard InChI is InChI=1S/C17H22BrNO3/c18-15-7-2-1-5-13(15)8-10-16(20)19-12-4-3-6-14(19)9-11-17(21)22/h1-2,5,7,14H,3-4,6,8-12H2,(H,21,22). The minimum atomic E-state index is -0.786. The second-order valence-corrected chi connectivity index (χ2v) is 6.61. The molecule has 0 spiro atoms. The maximum atomic E-state index is 12.5. The molecule has 1 aromatic carbocycles. The summed E-state index contributed by atoms with van der Waals surface area (Å²) in [6.45, 7) is 0.763. The number of carboxylic acids is 1. The molecule has 0 saturated carbocycles. The Bertz CT molecular complexity index is 532. The van der Waals surface area contributed by atoms with Crippen LogP contribution in [-0.4, -0.2) is 34.5 Å². The van der Waals surface area contributed by atoms with Crippen LogP contribution in [0.4, 0.5) is 0 Å². The van der Waals surface area contributed by atoms with Crippen LogP contribution >= 0.6 is 15.9 Å². The van der Waals surface area contributed by atoms with Crippen LogP contribution in [0.3, 0.4) is 0 Å². The number of rotatable bonds is 6. The molecule has 2 rings (SSSR count). The van der Waals surface area contributed by atoms with Crippen molar-refractivity contribution >= 4 is 27.8 Å². The summed E-state index contributed by atoms with van der Waals surface area (Å²) < 4.78 is 1.03. The maximum absolute atomic E-state index is 12.5. The van der Waals surface area contributed by atoms with Crippen LogP contribution in [0.25, 0.3) is 0 Å². The molecule has 1 aromatic rings. The van der Waals surface area contributed by atoms with Crippen molar-refractivity contribution in [3.8, 4) is 0 Å². The Kier molecular flexibility index (Phi) is 6.43. The number of halogens is 1. The number of carboxylic acid groups (broad SMARTS) is 1. The number of aliphatic carboxylic acids is 1. The van der Waals surface area contributed by atoms with Crippen molar-refractivity contribution in [2.75, 3.05) is 6.54 Å². The summed E-state index contributed by atoms with van der Waals surface area (Å²) in [4.78, 5) is 25.2. The average Bonchev–Trinajstić information content (AvgIpc) is 2.52. The summed E-state index contributed by atoms with van der Waals surface area (Å²) in [6.07, 6.45) is 4.92. The van der Waals surface area contributed by atoms with E-state index < -0.39 is 5.97 Å². The first kappa shape index (κ1) is 17.0. The highest BCUT2D eigenvalue weighted by Crippen LogP contribution is 2.23. The monoisotopic (exact) mass is 367 g/mol. The van der Waals surface area contributed by atoms with Gasteiger partial charge < -0.3 is 10.0 Å². The van der Waals surface area contributed by atoms with Crippen molar-refractivity contribution in [2.45, 2.75) is 51.0 Å². The molecule has 0 aromatic heterocycles. The molecule has 0 radical (unpaired) electrons. The van der Waals surface area contributed by atoms with Gasteiger partial charge in [-0.1, -0.05) is 34.1 Å². The van der Waals surface area contributed by atoms with Gasteiger partial charge in [-0.05, 0) is 43.7 Å². The normalized spacial score (nSPS) is 18.2. The van der Waals surface area contributed by atoms with E-state index >= 15 is 0 Å². The lowest BCUT2D eigenvalue weighted by atomic mass is 9.97. The molecule has 0 bridgehead atoms. The zero-order chi connectivity index (χ0) is 15.9. The van der Waals surface area contributed by atoms with Crippen molar-refractivity contribution in [3.63, 3.8) is 0 Å². The van der Waals surface area contributed by atoms with E-state index in [1.807, 2.05) is 29.2 Å². The lowest BCUT2D eigenvalue weighted by Gasteiger charge is -2.36. The van der Waals surface area contributed by atoms with Crippen LogP contribution in [-0.2, 0) is 16.0 Å². The van der Waals surface area contributed by atoms with E-state index in [2.05, 4.69) is 15.9 Å². The number of benzene rings is 1. The van der Waals surface area contributed by atoms with Gasteiger partial charge in [0.1, 0.15) is 0 Å². The fourth-order valence-electron chi connectivity index (χ4n) is 3.01. The first-order valence-electron chi connectivity index (χ1n) is 7.82. The number of hydrogen-bond acceptors (Lipinski definition) is 2. The van der Waals surface area contributed by atoms with E-state index in [-0.39, 0.29) is 18.4 Å². The van der Waals surface area contributed by atoms with E-state index in [0.29, 0.717) is 19.3 Å². The Morgan fingerprint density at radius 3 is 2.73 bits per heavy atom. The van der Waals surface area contributed by atoms with Crippen LogP contribution in [0.15, 0.2) is 28.7 Å². The molecule has 1 amide bonds. The van der Waals surface area contributed by atoms with Gasteiger partial charge in [0.15, 0.2) is 0 Å². The molecule has 120 valence electrons. The number of nitrogens with zero attached hydrogens (tertiary/aromatic N) is 1. The van der Waals surface area contributed by atoms with E-state index in [1.54, 1.807) is 0 Å². The third kappa shape index (κ3) is 4.83. The Labute approximate surface area is 139 Å². The summed E-state index contributed by atoms with van der Waals surface area (Å²) in [6, 6.07) is 8.03. The van der Waals surface area contributed by atoms with E-state index in [0.717, 1.165) is 35.8 Å². The molecule has 1 unspecified atom stereocenters. The fraction of sp³-hybridized carbons (Fsp3) is 0.529. The third-order valence-electron chi connectivity index (χ3n) is 4.20. The summed E-state index contributed by atoms with van der Waals surface area (Å²) in [5, 5.41) is 8.84. The Hall–Kier alpha value is -1.36. The average molecular weight is 368 g/mol. The van der Waals surface area contributed by atoms with Gasteiger partial charge in [-0.25, -0.2) is 0 Å². The molecule has 1 aliphatic rings. The minimum absolute atomic E-state index is 0.0940. The second kappa shape index (κ2) is 8.32. The zero-order valence-corrected chi connectivity index (χ0v) is 14.2. The zero-order valence-electron chi connectivity index (χ0n) is 12.6. The largest absolute Gasteiger partial charge is 0.481 e. The van der Waals surface area contributed by atoms with Crippen LogP contribution < -0.4 is 0 Å². The topological polar surface area (TPSA) is 57.6 Å². The molecular formula is C17H22BrNO3. The third-order valence-corrected chi connectivity index (χ3v) is 4.98. The predicted molar refractivity (Wildman–Crippen MR) is 88.7 cm³/mol. The predicted octanol–water partition coefficient (Wildman–Crippen LogP) is 3.63. The molecule has 1 N–H and O–H groups in total. The lowest BCUT2D eigenvalue weighted by molar-refractivity contribution is -0.140. The van der Waals surface area contributed by atoms with Gasteiger partial charge in [0.05, 0.1) is 0 Å². The van der Waals surface area contributed by atoms with Crippen molar-refractivity contribution in [3.05, 3.63) is 34.3 Å². The van der Waals surface area contributed by atoms with Crippen molar-refractivity contribution in [1.29, 1.82) is 0 Å². The van der Waals surface area contributed by atoms with Crippen molar-refractivity contribution in [2.24, 2.45) is 0 Å². The Morgan fingerprint density at radius 1 is 1.23 bits per heavy atom. The molecule has 1 fully saturated rings. The number of aryl methyl sites for hydroxylation is 1. The molecule has 1 heterocycles. The van der Waals surface area contributed by atoms with Gasteiger partial charge in [0, 0.05) is 29.9 Å². The molecule has 4 nitrogen and oxygen atoms in total. The number of hydrogen-bond donors (Lipinski definition) is 1. The highest BCUT2D eigenvalue weighted by molar-refractivity contribution is 9.10. The summed E-state index contributed by atoms with van der Waals surface area (Å²) in [7, 11) is 0. The molecule has 1 saturated heterocycles. The number of likely N-dealkylation sites (tertiary alicyclic amines) is 1. The fourth-order valence-corrected chi connectivity index (χ4v) is 3.49. The Balaban J connectivity index is 1.91. The lowest BCUT2D eigenvalue weighted by Crippen LogP contribution is -2.44. The smallest absolute Gasteiger partial charge is 0.303 e. The van der Waals surface area contributed by atoms with Crippen LogP contribution in [0, 0.1) is 0 Å². The SMILES string of the molecule is O=C(O)CCC1CCCCN1C(=O)CCc1ccccc1Br. The highest BCUT2D eigenvalue weighted by atomic mass is 79.9. The van der Waals surface area contributed by atoms with Gasteiger partial charge in [0.2, 0.25) is 5.91 Å². The van der Waals surface area contributed by atoms with E-state index in [4.69, 9.17) is 5.11 Å². The first-order chi connectivity index (χ1) is 10.6. The summed E-state index contributed by atoms with van der Waals surface area (Å²) in [5.41, 5.74) is 1.13. The van der Waals surface area contributed by atoms with Crippen LogP contribution in [0.1, 0.15) is 44.1 Å². The molecule has 1 atom stereocenters. The second-order valence-electron chi connectivity index (χ2n) is 5.76. The molecule has 22 heavy (non-hydrogen) atoms. The summed E-state index contributed by atoms with van der Waals surface area (Å²) in [5.74, 6) is -0.642. The van der Waals surface area contributed by atoms with Crippen LogP contribution in [0.5, 0.6) is 0 Å². The highest BCUT2D eigenvalue weighted by Gasteiger charge is 2.26. The minimum Gasteiger partial charge on any atom is -0.481 e. The number of amides is 1. The molecule has 5 heteroatoms. The van der Waals surface area contributed by atoms with Gasteiger partial charge in [0.25, 0.3) is 0 Å². The van der Waals surface area contributed by atoms with Gasteiger partial charge in [-0.15, -0.1) is 0 Å². The maximum Gasteiger partial charge on any atom is 0.303 e. The summed E-state index contributed by atoms with van der Waals surface area (Å²) >= 11 is 3.50. The Morgan fingerprint density at radius 2 is 2.00 bits per heavy atom. The van der Waals surface area contributed by atoms with E-state index in [9.17, 15) is 9.59 Å². The quantitative estimate of drug-likeness (QED) is 0.834. The first-order valence-corrected chi connectivity index (χ1v) is 8.62. The number of piperidine rings is 1. The van der Waals surface area contributed by atoms with Gasteiger partial charge >= 0.3 is 5.97 Å². The van der Waals surface area contributed by atoms with Gasteiger partial charge in [-0.3, -0.25) is 9.59 Å². The molecular weight excluding hydrogens is 346 g/mol. The number of carbonyl (C=O) groups is 2. The molecule has 0 aliphatic carbocycles. The van der Waals surface area contributed by atoms with E-state index in [1.165, 1.54) is 0 Å². The number of carbonyl (C=O) groups excluding carboxylic acids is 1. The van der Waals surface area contributed by atoms with Crippen molar-refractivity contribution < 1.29 is 14.7 Å². The van der Waals surface area contributed by atoms with Crippen molar-refractivity contribution in [1.82, 2.24) is 4.90 Å². The van der Waals surface area contributed by atoms with Gasteiger partial charge in [-0.2, -0.15) is 0 Å².